The first-order valence-electron chi connectivity index (χ1n) is 5.59. The Hall–Kier alpha value is -1.76. The topological polar surface area (TPSA) is 71.9 Å². The van der Waals surface area contributed by atoms with Crippen molar-refractivity contribution in [1.82, 2.24) is 4.98 Å². The van der Waals surface area contributed by atoms with Gasteiger partial charge in [0.05, 0.1) is 12.3 Å². The Balaban J connectivity index is 1.86. The standard InChI is InChI=1S/C12H15N3O/c13-8-11-10(14)4-5-12(15-11)16-7-6-9-2-1-3-9/h4-5,9H,1-3,6-7,14H2. The SMILES string of the molecule is N#Cc1nc(OCCC2CCC2)ccc1N. The molecule has 1 aromatic rings. The molecule has 0 unspecified atom stereocenters. The number of pyridine rings is 1. The zero-order valence-corrected chi connectivity index (χ0v) is 9.15. The van der Waals surface area contributed by atoms with Crippen molar-refractivity contribution in [2.75, 3.05) is 12.3 Å². The second kappa shape index (κ2) is 4.84. The summed E-state index contributed by atoms with van der Waals surface area (Å²) in [6.45, 7) is 0.673. The largest absolute Gasteiger partial charge is 0.478 e. The molecule has 0 atom stereocenters. The van der Waals surface area contributed by atoms with Crippen LogP contribution in [0.3, 0.4) is 0 Å². The van der Waals surface area contributed by atoms with Crippen LogP contribution in [0.5, 0.6) is 5.88 Å². The molecule has 4 nitrogen and oxygen atoms in total. The Morgan fingerprint density at radius 1 is 1.50 bits per heavy atom. The lowest BCUT2D eigenvalue weighted by Gasteiger charge is -2.24. The van der Waals surface area contributed by atoms with Gasteiger partial charge in [0.25, 0.3) is 0 Å². The zero-order chi connectivity index (χ0) is 11.4. The van der Waals surface area contributed by atoms with Crippen molar-refractivity contribution in [3.8, 4) is 11.9 Å². The molecule has 0 spiro atoms. The number of hydrogen-bond acceptors (Lipinski definition) is 4. The average Bonchev–Trinajstić information content (AvgIpc) is 2.24. The molecule has 1 saturated carbocycles. The fourth-order valence-electron chi connectivity index (χ4n) is 1.73. The van der Waals surface area contributed by atoms with Crippen LogP contribution in [0.25, 0.3) is 0 Å². The first-order chi connectivity index (χ1) is 7.79. The maximum atomic E-state index is 8.76. The van der Waals surface area contributed by atoms with Gasteiger partial charge in [-0.25, -0.2) is 4.98 Å². The first kappa shape index (κ1) is 10.7. The van der Waals surface area contributed by atoms with Gasteiger partial charge in [0.2, 0.25) is 5.88 Å². The summed E-state index contributed by atoms with van der Waals surface area (Å²) in [6.07, 6.45) is 5.07. The van der Waals surface area contributed by atoms with E-state index in [1.165, 1.54) is 19.3 Å². The highest BCUT2D eigenvalue weighted by Gasteiger charge is 2.16. The molecule has 84 valence electrons. The molecule has 0 aromatic carbocycles. The number of rotatable bonds is 4. The Morgan fingerprint density at radius 2 is 2.31 bits per heavy atom. The molecule has 2 rings (SSSR count). The Bertz CT molecular complexity index is 407. The molecule has 1 fully saturated rings. The number of anilines is 1. The molecule has 1 aliphatic carbocycles. The molecule has 16 heavy (non-hydrogen) atoms. The number of ether oxygens (including phenoxy) is 1. The third-order valence-corrected chi connectivity index (χ3v) is 3.01. The summed E-state index contributed by atoms with van der Waals surface area (Å²) >= 11 is 0. The van der Waals surface area contributed by atoms with E-state index in [2.05, 4.69) is 4.98 Å². The second-order valence-corrected chi connectivity index (χ2v) is 4.13. The van der Waals surface area contributed by atoms with Gasteiger partial charge in [0.15, 0.2) is 5.69 Å². The summed E-state index contributed by atoms with van der Waals surface area (Å²) in [5.74, 6) is 1.31. The lowest BCUT2D eigenvalue weighted by atomic mass is 9.83. The summed E-state index contributed by atoms with van der Waals surface area (Å²) in [5.41, 5.74) is 6.20. The van der Waals surface area contributed by atoms with Crippen molar-refractivity contribution in [1.29, 1.82) is 5.26 Å². The number of nitriles is 1. The van der Waals surface area contributed by atoms with Gasteiger partial charge in [-0.3, -0.25) is 0 Å². The Kier molecular flexibility index (Phi) is 3.25. The number of hydrogen-bond donors (Lipinski definition) is 1. The van der Waals surface area contributed by atoms with Crippen molar-refractivity contribution in [2.24, 2.45) is 5.92 Å². The number of nitrogens with zero attached hydrogens (tertiary/aromatic N) is 2. The molecule has 2 N–H and O–H groups in total. The molecule has 0 saturated heterocycles. The summed E-state index contributed by atoms with van der Waals surface area (Å²) in [4.78, 5) is 4.02. The van der Waals surface area contributed by atoms with Gasteiger partial charge < -0.3 is 10.5 Å². The van der Waals surface area contributed by atoms with E-state index in [0.29, 0.717) is 18.2 Å². The van der Waals surface area contributed by atoms with E-state index in [-0.39, 0.29) is 5.69 Å². The van der Waals surface area contributed by atoms with Gasteiger partial charge in [-0.15, -0.1) is 0 Å². The number of aromatic nitrogens is 1. The van der Waals surface area contributed by atoms with Crippen molar-refractivity contribution < 1.29 is 4.74 Å². The molecule has 0 aliphatic heterocycles. The molecule has 1 heterocycles. The van der Waals surface area contributed by atoms with E-state index >= 15 is 0 Å². The first-order valence-corrected chi connectivity index (χ1v) is 5.59. The van der Waals surface area contributed by atoms with Crippen LogP contribution in [0.2, 0.25) is 0 Å². The van der Waals surface area contributed by atoms with Gasteiger partial charge in [-0.2, -0.15) is 5.26 Å². The van der Waals surface area contributed by atoms with Crippen LogP contribution in [-0.4, -0.2) is 11.6 Å². The molecule has 1 aliphatic rings. The molecular formula is C12H15N3O. The number of nitrogens with two attached hydrogens (primary N) is 1. The summed E-state index contributed by atoms with van der Waals surface area (Å²) in [7, 11) is 0. The van der Waals surface area contributed by atoms with Gasteiger partial charge >= 0.3 is 0 Å². The quantitative estimate of drug-likeness (QED) is 0.838. The second-order valence-electron chi connectivity index (χ2n) is 4.13. The van der Waals surface area contributed by atoms with Crippen LogP contribution in [0.1, 0.15) is 31.4 Å². The maximum Gasteiger partial charge on any atom is 0.214 e. The highest BCUT2D eigenvalue weighted by Crippen LogP contribution is 2.29. The highest BCUT2D eigenvalue weighted by atomic mass is 16.5. The predicted molar refractivity (Wildman–Crippen MR) is 60.8 cm³/mol. The van der Waals surface area contributed by atoms with Gasteiger partial charge in [0.1, 0.15) is 6.07 Å². The van der Waals surface area contributed by atoms with Crippen molar-refractivity contribution in [3.63, 3.8) is 0 Å². The van der Waals surface area contributed by atoms with Crippen LogP contribution in [0, 0.1) is 17.2 Å². The summed E-state index contributed by atoms with van der Waals surface area (Å²) < 4.78 is 5.49. The fraction of sp³-hybridized carbons (Fsp3) is 0.500. The average molecular weight is 217 g/mol. The van der Waals surface area contributed by atoms with Crippen LogP contribution in [0.4, 0.5) is 5.69 Å². The summed E-state index contributed by atoms with van der Waals surface area (Å²) in [5, 5.41) is 8.76. The van der Waals surface area contributed by atoms with Gasteiger partial charge in [-0.05, 0) is 18.4 Å². The third kappa shape index (κ3) is 2.43. The van der Waals surface area contributed by atoms with E-state index in [0.717, 1.165) is 12.3 Å². The Labute approximate surface area is 95.0 Å². The summed E-state index contributed by atoms with van der Waals surface area (Å²) in [6, 6.07) is 5.30. The molecule has 1 aromatic heterocycles. The van der Waals surface area contributed by atoms with Crippen LogP contribution < -0.4 is 10.5 Å². The monoisotopic (exact) mass is 217 g/mol. The molecular weight excluding hydrogens is 202 g/mol. The molecule has 0 bridgehead atoms. The van der Waals surface area contributed by atoms with E-state index in [9.17, 15) is 0 Å². The smallest absolute Gasteiger partial charge is 0.214 e. The lowest BCUT2D eigenvalue weighted by molar-refractivity contribution is 0.217. The fourth-order valence-corrected chi connectivity index (χ4v) is 1.73. The van der Waals surface area contributed by atoms with E-state index in [1.54, 1.807) is 12.1 Å². The third-order valence-electron chi connectivity index (χ3n) is 3.01. The lowest BCUT2D eigenvalue weighted by Crippen LogP contribution is -2.14. The normalized spacial score (nSPS) is 15.2. The van der Waals surface area contributed by atoms with Crippen LogP contribution in [-0.2, 0) is 0 Å². The van der Waals surface area contributed by atoms with Gasteiger partial charge in [0, 0.05) is 6.07 Å². The Morgan fingerprint density at radius 3 is 2.94 bits per heavy atom. The van der Waals surface area contributed by atoms with E-state index in [1.807, 2.05) is 6.07 Å². The predicted octanol–water partition coefficient (Wildman–Crippen LogP) is 2.10. The van der Waals surface area contributed by atoms with Crippen molar-refractivity contribution in [3.05, 3.63) is 17.8 Å². The van der Waals surface area contributed by atoms with Crippen LogP contribution >= 0.6 is 0 Å². The van der Waals surface area contributed by atoms with Crippen LogP contribution in [0.15, 0.2) is 12.1 Å². The molecule has 0 amide bonds. The van der Waals surface area contributed by atoms with Crippen molar-refractivity contribution >= 4 is 5.69 Å². The molecule has 0 radical (unpaired) electrons. The van der Waals surface area contributed by atoms with Crippen molar-refractivity contribution in [2.45, 2.75) is 25.7 Å². The minimum atomic E-state index is 0.237. The van der Waals surface area contributed by atoms with Gasteiger partial charge in [-0.1, -0.05) is 19.3 Å². The minimum absolute atomic E-state index is 0.237. The molecule has 4 heteroatoms. The van der Waals surface area contributed by atoms with E-state index < -0.39 is 0 Å². The zero-order valence-electron chi connectivity index (χ0n) is 9.15. The maximum absolute atomic E-state index is 8.76. The van der Waals surface area contributed by atoms with E-state index in [4.69, 9.17) is 15.7 Å². The highest BCUT2D eigenvalue weighted by molar-refractivity contribution is 5.50. The minimum Gasteiger partial charge on any atom is -0.478 e. The number of nitrogen functional groups attached to an aromatic ring is 1.